The molecule has 0 heterocycles. The predicted molar refractivity (Wildman–Crippen MR) is 65.2 cm³/mol. The fourth-order valence-electron chi connectivity index (χ4n) is 1.60. The van der Waals surface area contributed by atoms with Crippen molar-refractivity contribution in [3.8, 4) is 0 Å². The highest BCUT2D eigenvalue weighted by molar-refractivity contribution is 5.85. The summed E-state index contributed by atoms with van der Waals surface area (Å²) in [5.74, 6) is -2.80. The molecule has 104 valence electrons. The molecule has 0 aromatic carbocycles. The van der Waals surface area contributed by atoms with Crippen molar-refractivity contribution in [2.75, 3.05) is 13.1 Å². The SMILES string of the molecule is CCCCCCCC(=O)N(CC(=O)O)CC(=O)O. The largest absolute Gasteiger partial charge is 0.480 e. The Balaban J connectivity index is 4.04. The summed E-state index contributed by atoms with van der Waals surface area (Å²) in [6, 6.07) is 0. The zero-order valence-electron chi connectivity index (χ0n) is 10.7. The topological polar surface area (TPSA) is 94.9 Å². The summed E-state index contributed by atoms with van der Waals surface area (Å²) in [4.78, 5) is 33.6. The first-order valence-electron chi connectivity index (χ1n) is 6.18. The van der Waals surface area contributed by atoms with Crippen LogP contribution in [-0.2, 0) is 14.4 Å². The van der Waals surface area contributed by atoms with E-state index in [-0.39, 0.29) is 6.42 Å². The number of amides is 1. The quantitative estimate of drug-likeness (QED) is 0.577. The van der Waals surface area contributed by atoms with Gasteiger partial charge >= 0.3 is 11.9 Å². The molecule has 0 aromatic rings. The smallest absolute Gasteiger partial charge is 0.323 e. The Bertz CT molecular complexity index is 274. The van der Waals surface area contributed by atoms with Gasteiger partial charge in [0, 0.05) is 6.42 Å². The van der Waals surface area contributed by atoms with Crippen LogP contribution in [0.3, 0.4) is 0 Å². The summed E-state index contributed by atoms with van der Waals surface area (Å²) in [6.45, 7) is 0.979. The van der Waals surface area contributed by atoms with Gasteiger partial charge in [-0.05, 0) is 6.42 Å². The molecule has 0 rings (SSSR count). The van der Waals surface area contributed by atoms with Crippen molar-refractivity contribution < 1.29 is 24.6 Å². The van der Waals surface area contributed by atoms with E-state index in [9.17, 15) is 14.4 Å². The molecule has 1 amide bonds. The molecule has 0 unspecified atom stereocenters. The van der Waals surface area contributed by atoms with Crippen molar-refractivity contribution in [1.29, 1.82) is 0 Å². The molecular weight excluding hydrogens is 238 g/mol. The summed E-state index contributed by atoms with van der Waals surface area (Å²) in [6.07, 6.45) is 5.06. The molecule has 0 aromatic heterocycles. The number of hydrogen-bond acceptors (Lipinski definition) is 3. The number of unbranched alkanes of at least 4 members (excludes halogenated alkanes) is 4. The van der Waals surface area contributed by atoms with Crippen LogP contribution in [0.2, 0.25) is 0 Å². The molecule has 0 aliphatic heterocycles. The van der Waals surface area contributed by atoms with Crippen LogP contribution in [0.25, 0.3) is 0 Å². The van der Waals surface area contributed by atoms with Crippen LogP contribution in [0.5, 0.6) is 0 Å². The third-order valence-electron chi connectivity index (χ3n) is 2.50. The summed E-state index contributed by atoms with van der Waals surface area (Å²) in [7, 11) is 0. The summed E-state index contributed by atoms with van der Waals surface area (Å²) in [5.41, 5.74) is 0. The molecular formula is C12H21NO5. The van der Waals surface area contributed by atoms with Gasteiger partial charge in [0.1, 0.15) is 13.1 Å². The van der Waals surface area contributed by atoms with Gasteiger partial charge in [0.15, 0.2) is 0 Å². The van der Waals surface area contributed by atoms with E-state index >= 15 is 0 Å². The Morgan fingerprint density at radius 1 is 0.889 bits per heavy atom. The minimum Gasteiger partial charge on any atom is -0.480 e. The molecule has 2 N–H and O–H groups in total. The number of carboxylic acid groups (broad SMARTS) is 2. The number of carbonyl (C=O) groups excluding carboxylic acids is 1. The van der Waals surface area contributed by atoms with E-state index in [1.807, 2.05) is 0 Å². The number of carbonyl (C=O) groups is 3. The van der Waals surface area contributed by atoms with Crippen molar-refractivity contribution in [3.05, 3.63) is 0 Å². The monoisotopic (exact) mass is 259 g/mol. The van der Waals surface area contributed by atoms with E-state index in [0.717, 1.165) is 30.6 Å². The molecule has 0 radical (unpaired) electrons. The van der Waals surface area contributed by atoms with E-state index in [1.54, 1.807) is 0 Å². The summed E-state index contributed by atoms with van der Waals surface area (Å²) >= 11 is 0. The van der Waals surface area contributed by atoms with Gasteiger partial charge in [-0.15, -0.1) is 0 Å². The molecule has 0 atom stereocenters. The molecule has 0 bridgehead atoms. The lowest BCUT2D eigenvalue weighted by atomic mass is 10.1. The molecule has 0 fully saturated rings. The molecule has 0 aliphatic carbocycles. The molecule has 0 aliphatic rings. The number of carboxylic acids is 2. The highest BCUT2D eigenvalue weighted by atomic mass is 16.4. The third-order valence-corrected chi connectivity index (χ3v) is 2.50. The molecule has 0 saturated heterocycles. The van der Waals surface area contributed by atoms with E-state index in [0.29, 0.717) is 6.42 Å². The first kappa shape index (κ1) is 16.4. The van der Waals surface area contributed by atoms with Gasteiger partial charge in [-0.2, -0.15) is 0 Å². The van der Waals surface area contributed by atoms with Crippen molar-refractivity contribution >= 4 is 17.8 Å². The fraction of sp³-hybridized carbons (Fsp3) is 0.750. The second-order valence-corrected chi connectivity index (χ2v) is 4.20. The van der Waals surface area contributed by atoms with E-state index in [1.165, 1.54) is 0 Å². The zero-order valence-corrected chi connectivity index (χ0v) is 10.7. The van der Waals surface area contributed by atoms with Crippen LogP contribution >= 0.6 is 0 Å². The fourth-order valence-corrected chi connectivity index (χ4v) is 1.60. The van der Waals surface area contributed by atoms with E-state index < -0.39 is 30.9 Å². The maximum absolute atomic E-state index is 11.6. The van der Waals surface area contributed by atoms with Gasteiger partial charge in [0.25, 0.3) is 0 Å². The number of hydrogen-bond donors (Lipinski definition) is 2. The number of rotatable bonds is 10. The first-order chi connectivity index (χ1) is 8.47. The Hall–Kier alpha value is -1.59. The predicted octanol–water partition coefficient (Wildman–Crippen LogP) is 1.34. The minimum atomic E-state index is -1.20. The summed E-state index contributed by atoms with van der Waals surface area (Å²) in [5, 5.41) is 17.2. The molecule has 6 nitrogen and oxygen atoms in total. The molecule has 0 spiro atoms. The van der Waals surface area contributed by atoms with Crippen molar-refractivity contribution in [2.45, 2.75) is 45.4 Å². The van der Waals surface area contributed by atoms with Gasteiger partial charge < -0.3 is 15.1 Å². The van der Waals surface area contributed by atoms with E-state index in [2.05, 4.69) is 6.92 Å². The van der Waals surface area contributed by atoms with Crippen LogP contribution in [0, 0.1) is 0 Å². The van der Waals surface area contributed by atoms with Gasteiger partial charge in [0.05, 0.1) is 0 Å². The van der Waals surface area contributed by atoms with Gasteiger partial charge in [-0.25, -0.2) is 0 Å². The Kier molecular flexibility index (Phi) is 8.61. The van der Waals surface area contributed by atoms with Crippen molar-refractivity contribution in [1.82, 2.24) is 4.90 Å². The highest BCUT2D eigenvalue weighted by Gasteiger charge is 2.18. The first-order valence-corrected chi connectivity index (χ1v) is 6.18. The van der Waals surface area contributed by atoms with Crippen LogP contribution in [0.4, 0.5) is 0 Å². The lowest BCUT2D eigenvalue weighted by molar-refractivity contribution is -0.149. The summed E-state index contributed by atoms with van der Waals surface area (Å²) < 4.78 is 0. The second kappa shape index (κ2) is 9.44. The Morgan fingerprint density at radius 2 is 1.39 bits per heavy atom. The second-order valence-electron chi connectivity index (χ2n) is 4.20. The van der Waals surface area contributed by atoms with Gasteiger partial charge in [-0.1, -0.05) is 32.6 Å². The average Bonchev–Trinajstić information content (AvgIpc) is 2.26. The maximum Gasteiger partial charge on any atom is 0.323 e. The number of nitrogens with zero attached hydrogens (tertiary/aromatic N) is 1. The van der Waals surface area contributed by atoms with Gasteiger partial charge in [-0.3, -0.25) is 14.4 Å². The van der Waals surface area contributed by atoms with Crippen LogP contribution in [-0.4, -0.2) is 46.0 Å². The number of aliphatic carboxylic acids is 2. The third kappa shape index (κ3) is 8.55. The molecule has 0 saturated carbocycles. The van der Waals surface area contributed by atoms with Crippen LogP contribution in [0.1, 0.15) is 45.4 Å². The van der Waals surface area contributed by atoms with Crippen LogP contribution in [0.15, 0.2) is 0 Å². The molecule has 6 heteroatoms. The van der Waals surface area contributed by atoms with Crippen LogP contribution < -0.4 is 0 Å². The normalized spacial score (nSPS) is 10.1. The standard InChI is InChI=1S/C12H21NO5/c1-2-3-4-5-6-7-10(14)13(8-11(15)16)9-12(17)18/h2-9H2,1H3,(H,15,16)(H,17,18). The van der Waals surface area contributed by atoms with Gasteiger partial charge in [0.2, 0.25) is 5.91 Å². The lowest BCUT2D eigenvalue weighted by Gasteiger charge is -2.18. The van der Waals surface area contributed by atoms with Crippen molar-refractivity contribution in [3.63, 3.8) is 0 Å². The average molecular weight is 259 g/mol. The van der Waals surface area contributed by atoms with Crippen molar-refractivity contribution in [2.24, 2.45) is 0 Å². The van der Waals surface area contributed by atoms with E-state index in [4.69, 9.17) is 10.2 Å². The zero-order chi connectivity index (χ0) is 14.0. The lowest BCUT2D eigenvalue weighted by Crippen LogP contribution is -2.39. The Morgan fingerprint density at radius 3 is 1.83 bits per heavy atom. The highest BCUT2D eigenvalue weighted by Crippen LogP contribution is 2.07. The molecule has 18 heavy (non-hydrogen) atoms. The minimum absolute atomic E-state index is 0.213. The maximum atomic E-state index is 11.6. The Labute approximate surface area is 107 Å².